The molecular weight excluding hydrogens is 332 g/mol. The van der Waals surface area contributed by atoms with Crippen LogP contribution in [0.3, 0.4) is 0 Å². The lowest BCUT2D eigenvalue weighted by Crippen LogP contribution is -2.44. The summed E-state index contributed by atoms with van der Waals surface area (Å²) in [6, 6.07) is 13.9. The molecule has 0 spiro atoms. The molecule has 26 heavy (non-hydrogen) atoms. The number of ether oxygens (including phenoxy) is 2. The van der Waals surface area contributed by atoms with Gasteiger partial charge in [0.15, 0.2) is 0 Å². The summed E-state index contributed by atoms with van der Waals surface area (Å²) in [4.78, 5) is 26.7. The van der Waals surface area contributed by atoms with Crippen LogP contribution in [0.15, 0.2) is 48.5 Å². The van der Waals surface area contributed by atoms with E-state index in [0.717, 1.165) is 12.0 Å². The minimum atomic E-state index is -0.559. The second-order valence-electron chi connectivity index (χ2n) is 6.23. The van der Waals surface area contributed by atoms with E-state index in [2.05, 4.69) is 5.32 Å². The molecule has 1 N–H and O–H groups in total. The number of hydrogen-bond donors (Lipinski definition) is 1. The van der Waals surface area contributed by atoms with E-state index < -0.39 is 12.1 Å². The molecule has 6 nitrogen and oxygen atoms in total. The predicted molar refractivity (Wildman–Crippen MR) is 98.6 cm³/mol. The van der Waals surface area contributed by atoms with Crippen molar-refractivity contribution in [2.24, 2.45) is 0 Å². The van der Waals surface area contributed by atoms with Crippen molar-refractivity contribution >= 4 is 17.7 Å². The van der Waals surface area contributed by atoms with Gasteiger partial charge in [-0.3, -0.25) is 9.69 Å². The normalized spacial score (nSPS) is 16.2. The van der Waals surface area contributed by atoms with E-state index in [1.165, 1.54) is 4.90 Å². The molecular formula is C20H22N2O4. The molecule has 136 valence electrons. The van der Waals surface area contributed by atoms with Crippen LogP contribution in [0, 0.1) is 6.92 Å². The van der Waals surface area contributed by atoms with Gasteiger partial charge in [0.1, 0.15) is 17.5 Å². The van der Waals surface area contributed by atoms with Crippen molar-refractivity contribution in [1.29, 1.82) is 0 Å². The number of hydrogen-bond acceptors (Lipinski definition) is 4. The number of rotatable bonds is 4. The zero-order valence-electron chi connectivity index (χ0n) is 14.9. The van der Waals surface area contributed by atoms with Gasteiger partial charge in [0.25, 0.3) is 0 Å². The number of nitrogens with one attached hydrogen (secondary N) is 1. The summed E-state index contributed by atoms with van der Waals surface area (Å²) in [7, 11) is 1.55. The Morgan fingerprint density at radius 3 is 2.65 bits per heavy atom. The van der Waals surface area contributed by atoms with Crippen molar-refractivity contribution in [2.75, 3.05) is 19.0 Å². The first-order chi connectivity index (χ1) is 12.6. The third-order valence-electron chi connectivity index (χ3n) is 4.35. The summed E-state index contributed by atoms with van der Waals surface area (Å²) in [5.41, 5.74) is 1.61. The molecule has 0 saturated carbocycles. The largest absolute Gasteiger partial charge is 0.495 e. The highest BCUT2D eigenvalue weighted by molar-refractivity contribution is 5.98. The number of benzene rings is 2. The molecule has 0 bridgehead atoms. The van der Waals surface area contributed by atoms with Crippen molar-refractivity contribution in [3.8, 4) is 11.5 Å². The summed E-state index contributed by atoms with van der Waals surface area (Å²) >= 11 is 0. The molecule has 0 aromatic heterocycles. The summed E-state index contributed by atoms with van der Waals surface area (Å²) in [6.45, 7) is 2.43. The number of carbonyl (C=O) groups excluding carboxylic acids is 2. The van der Waals surface area contributed by atoms with Crippen molar-refractivity contribution in [1.82, 2.24) is 4.90 Å². The zero-order chi connectivity index (χ0) is 18.5. The topological polar surface area (TPSA) is 67.9 Å². The second kappa shape index (κ2) is 7.91. The molecule has 3 rings (SSSR count). The molecule has 0 unspecified atom stereocenters. The van der Waals surface area contributed by atoms with E-state index in [9.17, 15) is 9.59 Å². The van der Waals surface area contributed by atoms with Gasteiger partial charge in [-0.15, -0.1) is 0 Å². The van der Waals surface area contributed by atoms with E-state index in [1.807, 2.05) is 25.1 Å². The average Bonchev–Trinajstić information content (AvgIpc) is 3.13. The molecule has 0 radical (unpaired) electrons. The van der Waals surface area contributed by atoms with Crippen LogP contribution in [-0.2, 0) is 4.79 Å². The van der Waals surface area contributed by atoms with Crippen LogP contribution >= 0.6 is 0 Å². The smallest absolute Gasteiger partial charge is 0.415 e. The lowest BCUT2D eigenvalue weighted by molar-refractivity contribution is -0.119. The number of amides is 2. The van der Waals surface area contributed by atoms with Crippen molar-refractivity contribution in [3.05, 3.63) is 54.1 Å². The Hall–Kier alpha value is -3.02. The van der Waals surface area contributed by atoms with Gasteiger partial charge in [-0.25, -0.2) is 4.79 Å². The highest BCUT2D eigenvalue weighted by Gasteiger charge is 2.35. The van der Waals surface area contributed by atoms with Gasteiger partial charge >= 0.3 is 6.09 Å². The Morgan fingerprint density at radius 2 is 1.92 bits per heavy atom. The molecule has 2 amide bonds. The van der Waals surface area contributed by atoms with Crippen LogP contribution in [0.5, 0.6) is 11.5 Å². The Labute approximate surface area is 152 Å². The number of carbonyl (C=O) groups is 2. The minimum Gasteiger partial charge on any atom is -0.495 e. The number of likely N-dealkylation sites (tertiary alicyclic amines) is 1. The second-order valence-corrected chi connectivity index (χ2v) is 6.23. The maximum atomic E-state index is 12.7. The van der Waals surface area contributed by atoms with Crippen LogP contribution in [0.4, 0.5) is 10.5 Å². The Morgan fingerprint density at radius 1 is 1.15 bits per heavy atom. The number of aryl methyl sites for hydroxylation is 1. The van der Waals surface area contributed by atoms with Crippen molar-refractivity contribution in [3.63, 3.8) is 0 Å². The van der Waals surface area contributed by atoms with Crippen LogP contribution in [-0.4, -0.2) is 36.6 Å². The van der Waals surface area contributed by atoms with E-state index >= 15 is 0 Å². The van der Waals surface area contributed by atoms with E-state index in [-0.39, 0.29) is 5.91 Å². The quantitative estimate of drug-likeness (QED) is 0.911. The Balaban J connectivity index is 1.70. The predicted octanol–water partition coefficient (Wildman–Crippen LogP) is 3.61. The van der Waals surface area contributed by atoms with Crippen molar-refractivity contribution in [2.45, 2.75) is 25.8 Å². The van der Waals surface area contributed by atoms with Gasteiger partial charge in [-0.05, 0) is 49.6 Å². The third-order valence-corrected chi connectivity index (χ3v) is 4.35. The summed E-state index contributed by atoms with van der Waals surface area (Å²) < 4.78 is 10.7. The molecule has 1 heterocycles. The van der Waals surface area contributed by atoms with Crippen molar-refractivity contribution < 1.29 is 19.1 Å². The van der Waals surface area contributed by atoms with Gasteiger partial charge in [0.05, 0.1) is 12.8 Å². The summed E-state index contributed by atoms with van der Waals surface area (Å²) in [5, 5.41) is 2.88. The molecule has 0 aliphatic carbocycles. The summed E-state index contributed by atoms with van der Waals surface area (Å²) in [5.74, 6) is 0.806. The van der Waals surface area contributed by atoms with Gasteiger partial charge in [0.2, 0.25) is 5.91 Å². The first-order valence-corrected chi connectivity index (χ1v) is 8.57. The van der Waals surface area contributed by atoms with Crippen LogP contribution < -0.4 is 14.8 Å². The first kappa shape index (κ1) is 17.8. The van der Waals surface area contributed by atoms with Gasteiger partial charge < -0.3 is 14.8 Å². The first-order valence-electron chi connectivity index (χ1n) is 8.57. The number of para-hydroxylation sites is 1. The summed E-state index contributed by atoms with van der Waals surface area (Å²) in [6.07, 6.45) is 0.849. The van der Waals surface area contributed by atoms with Gasteiger partial charge in [-0.1, -0.05) is 24.3 Å². The molecule has 2 aromatic rings. The number of methoxy groups -OCH3 is 1. The minimum absolute atomic E-state index is 0.239. The van der Waals surface area contributed by atoms with E-state index in [4.69, 9.17) is 9.47 Å². The fraction of sp³-hybridized carbons (Fsp3) is 0.300. The monoisotopic (exact) mass is 354 g/mol. The maximum Gasteiger partial charge on any atom is 0.415 e. The fourth-order valence-corrected chi connectivity index (χ4v) is 3.04. The lowest BCUT2D eigenvalue weighted by Gasteiger charge is -2.23. The SMILES string of the molecule is COc1ccc(C)cc1NC(=O)[C@@H]1CCCN1C(=O)Oc1ccccc1. The highest BCUT2D eigenvalue weighted by Crippen LogP contribution is 2.27. The standard InChI is InChI=1S/C20H22N2O4/c1-14-10-11-18(25-2)16(13-14)21-19(23)17-9-6-12-22(17)20(24)26-15-7-4-3-5-8-15/h3-5,7-8,10-11,13,17H,6,9,12H2,1-2H3,(H,21,23)/t17-/m0/s1. The lowest BCUT2D eigenvalue weighted by atomic mass is 10.1. The maximum absolute atomic E-state index is 12.7. The fourth-order valence-electron chi connectivity index (χ4n) is 3.04. The molecule has 1 fully saturated rings. The highest BCUT2D eigenvalue weighted by atomic mass is 16.6. The third kappa shape index (κ3) is 3.96. The van der Waals surface area contributed by atoms with E-state index in [0.29, 0.717) is 30.2 Å². The molecule has 1 aliphatic heterocycles. The molecule has 6 heteroatoms. The van der Waals surface area contributed by atoms with Gasteiger partial charge in [-0.2, -0.15) is 0 Å². The Kier molecular flexibility index (Phi) is 5.41. The van der Waals surface area contributed by atoms with Crippen LogP contribution in [0.2, 0.25) is 0 Å². The van der Waals surface area contributed by atoms with Gasteiger partial charge in [0, 0.05) is 6.54 Å². The zero-order valence-corrected chi connectivity index (χ0v) is 14.9. The Bertz CT molecular complexity index is 792. The van der Waals surface area contributed by atoms with E-state index in [1.54, 1.807) is 37.4 Å². The van der Waals surface area contributed by atoms with Crippen LogP contribution in [0.1, 0.15) is 18.4 Å². The van der Waals surface area contributed by atoms with Crippen LogP contribution in [0.25, 0.3) is 0 Å². The molecule has 1 saturated heterocycles. The molecule has 1 aliphatic rings. The average molecular weight is 354 g/mol. The number of anilines is 1. The molecule has 1 atom stereocenters. The molecule has 2 aromatic carbocycles. The number of nitrogens with zero attached hydrogens (tertiary/aromatic N) is 1.